The molecule has 0 atom stereocenters. The summed E-state index contributed by atoms with van der Waals surface area (Å²) in [7, 11) is 1.44. The third kappa shape index (κ3) is 3.55. The fourth-order valence-corrected chi connectivity index (χ4v) is 2.42. The zero-order chi connectivity index (χ0) is 16.1. The van der Waals surface area contributed by atoms with Crippen molar-refractivity contribution in [3.05, 3.63) is 23.8 Å². The molecule has 118 valence electrons. The van der Waals surface area contributed by atoms with E-state index in [0.29, 0.717) is 6.42 Å². The van der Waals surface area contributed by atoms with Crippen LogP contribution >= 0.6 is 0 Å². The van der Waals surface area contributed by atoms with Crippen LogP contribution < -0.4 is 20.9 Å². The molecule has 1 aliphatic rings. The summed E-state index contributed by atoms with van der Waals surface area (Å²) < 4.78 is 0. The fraction of sp³-hybridized carbons (Fsp3) is 0.400. The van der Waals surface area contributed by atoms with Crippen molar-refractivity contribution < 1.29 is 14.4 Å². The third-order valence-electron chi connectivity index (χ3n) is 3.59. The largest absolute Gasteiger partial charge is 0.376 e. The van der Waals surface area contributed by atoms with Gasteiger partial charge in [0.15, 0.2) is 0 Å². The predicted octanol–water partition coefficient (Wildman–Crippen LogP) is 0.989. The van der Waals surface area contributed by atoms with E-state index in [1.807, 2.05) is 25.1 Å². The van der Waals surface area contributed by atoms with Gasteiger partial charge in [-0.25, -0.2) is 4.79 Å². The van der Waals surface area contributed by atoms with Crippen LogP contribution in [0.1, 0.15) is 18.4 Å². The van der Waals surface area contributed by atoms with E-state index in [9.17, 15) is 14.4 Å². The number of carbonyl (C=O) groups is 3. The number of anilines is 2. The zero-order valence-corrected chi connectivity index (χ0v) is 12.7. The van der Waals surface area contributed by atoms with E-state index in [4.69, 9.17) is 0 Å². The quantitative estimate of drug-likeness (QED) is 0.773. The van der Waals surface area contributed by atoms with E-state index < -0.39 is 11.9 Å². The Hall–Kier alpha value is -2.57. The van der Waals surface area contributed by atoms with Crippen LogP contribution in [0.4, 0.5) is 16.2 Å². The first-order chi connectivity index (χ1) is 10.5. The average molecular weight is 304 g/mol. The van der Waals surface area contributed by atoms with Gasteiger partial charge in [0.1, 0.15) is 0 Å². The normalized spacial score (nSPS) is 13.9. The number of hydrogen-bond acceptors (Lipinski definition) is 4. The summed E-state index contributed by atoms with van der Waals surface area (Å²) in [6.45, 7) is 2.60. The van der Waals surface area contributed by atoms with Crippen LogP contribution in [-0.2, 0) is 9.59 Å². The first-order valence-corrected chi connectivity index (χ1v) is 7.18. The van der Waals surface area contributed by atoms with Crippen molar-refractivity contribution in [2.75, 3.05) is 30.4 Å². The number of carbonyl (C=O) groups excluding carboxylic acids is 3. The Balaban J connectivity index is 2.04. The Morgan fingerprint density at radius 2 is 2.09 bits per heavy atom. The topological polar surface area (TPSA) is 90.5 Å². The maximum absolute atomic E-state index is 11.9. The standard InChI is InChI=1S/C15H20N4O3/c1-10-11(17-9-13(20)18-15(22)16-2)5-3-6-12(10)19-8-4-7-14(19)21/h3,5-6,17H,4,7-9H2,1-2H3,(H2,16,18,20,22). The Kier molecular flexibility index (Phi) is 4.98. The fourth-order valence-electron chi connectivity index (χ4n) is 2.42. The molecular weight excluding hydrogens is 284 g/mol. The van der Waals surface area contributed by atoms with Crippen LogP contribution in [0.15, 0.2) is 18.2 Å². The molecule has 0 aromatic heterocycles. The Bertz CT molecular complexity index is 600. The van der Waals surface area contributed by atoms with Crippen molar-refractivity contribution in [3.63, 3.8) is 0 Å². The SMILES string of the molecule is CNC(=O)NC(=O)CNc1cccc(N2CCCC2=O)c1C. The van der Waals surface area contributed by atoms with Gasteiger partial charge in [-0.05, 0) is 31.0 Å². The van der Waals surface area contributed by atoms with Crippen LogP contribution in [0.3, 0.4) is 0 Å². The summed E-state index contributed by atoms with van der Waals surface area (Å²) in [6, 6.07) is 5.04. The molecule has 22 heavy (non-hydrogen) atoms. The van der Waals surface area contributed by atoms with Gasteiger partial charge >= 0.3 is 6.03 Å². The summed E-state index contributed by atoms with van der Waals surface area (Å²) in [5.74, 6) is -0.306. The lowest BCUT2D eigenvalue weighted by Gasteiger charge is -2.20. The second-order valence-electron chi connectivity index (χ2n) is 5.08. The van der Waals surface area contributed by atoms with Crippen LogP contribution in [0.25, 0.3) is 0 Å². The van der Waals surface area contributed by atoms with Crippen LogP contribution in [0, 0.1) is 6.92 Å². The number of amides is 4. The van der Waals surface area contributed by atoms with Gasteiger partial charge in [0.25, 0.3) is 0 Å². The van der Waals surface area contributed by atoms with E-state index >= 15 is 0 Å². The maximum atomic E-state index is 11.9. The highest BCUT2D eigenvalue weighted by atomic mass is 16.2. The van der Waals surface area contributed by atoms with Crippen molar-refractivity contribution in [2.24, 2.45) is 0 Å². The van der Waals surface area contributed by atoms with Gasteiger partial charge in [0.2, 0.25) is 11.8 Å². The van der Waals surface area contributed by atoms with Crippen molar-refractivity contribution >= 4 is 29.2 Å². The molecule has 3 N–H and O–H groups in total. The molecule has 7 nitrogen and oxygen atoms in total. The minimum atomic E-state index is -0.542. The van der Waals surface area contributed by atoms with Crippen LogP contribution in [0.2, 0.25) is 0 Å². The van der Waals surface area contributed by atoms with Gasteiger partial charge in [-0.1, -0.05) is 6.07 Å². The smallest absolute Gasteiger partial charge is 0.321 e. The molecule has 1 aliphatic heterocycles. The zero-order valence-electron chi connectivity index (χ0n) is 12.7. The number of benzene rings is 1. The van der Waals surface area contributed by atoms with Gasteiger partial charge in [0, 0.05) is 31.4 Å². The minimum absolute atomic E-state index is 0.0222. The van der Waals surface area contributed by atoms with Crippen molar-refractivity contribution in [3.8, 4) is 0 Å². The molecule has 1 aromatic rings. The number of urea groups is 1. The number of nitrogens with one attached hydrogen (secondary N) is 3. The summed E-state index contributed by atoms with van der Waals surface area (Å²) >= 11 is 0. The Labute approximate surface area is 129 Å². The van der Waals surface area contributed by atoms with Gasteiger partial charge in [0.05, 0.1) is 6.54 Å². The lowest BCUT2D eigenvalue weighted by atomic mass is 10.1. The van der Waals surface area contributed by atoms with Crippen molar-refractivity contribution in [1.82, 2.24) is 10.6 Å². The highest BCUT2D eigenvalue weighted by molar-refractivity contribution is 5.98. The molecule has 2 rings (SSSR count). The summed E-state index contributed by atoms with van der Waals surface area (Å²) in [5.41, 5.74) is 2.54. The second-order valence-corrected chi connectivity index (χ2v) is 5.08. The summed E-state index contributed by atoms with van der Waals surface area (Å²) in [5, 5.41) is 7.48. The molecule has 7 heteroatoms. The molecule has 0 bridgehead atoms. The van der Waals surface area contributed by atoms with E-state index in [0.717, 1.165) is 29.9 Å². The molecule has 4 amide bonds. The summed E-state index contributed by atoms with van der Waals surface area (Å²) in [4.78, 5) is 36.3. The average Bonchev–Trinajstić information content (AvgIpc) is 2.92. The summed E-state index contributed by atoms with van der Waals surface area (Å²) in [6.07, 6.45) is 1.44. The number of imide groups is 1. The monoisotopic (exact) mass is 304 g/mol. The van der Waals surface area contributed by atoms with E-state index in [-0.39, 0.29) is 12.5 Å². The lowest BCUT2D eigenvalue weighted by Crippen LogP contribution is -2.40. The molecule has 1 saturated heterocycles. The van der Waals surface area contributed by atoms with Crippen LogP contribution in [0.5, 0.6) is 0 Å². The number of hydrogen-bond donors (Lipinski definition) is 3. The van der Waals surface area contributed by atoms with Gasteiger partial charge in [-0.3, -0.25) is 14.9 Å². The first-order valence-electron chi connectivity index (χ1n) is 7.18. The molecule has 0 unspecified atom stereocenters. The highest BCUT2D eigenvalue weighted by Crippen LogP contribution is 2.29. The Morgan fingerprint density at radius 3 is 2.73 bits per heavy atom. The highest BCUT2D eigenvalue weighted by Gasteiger charge is 2.23. The lowest BCUT2D eigenvalue weighted by molar-refractivity contribution is -0.118. The molecule has 1 aromatic carbocycles. The maximum Gasteiger partial charge on any atom is 0.321 e. The molecule has 0 aliphatic carbocycles. The molecule has 0 saturated carbocycles. The van der Waals surface area contributed by atoms with E-state index in [1.165, 1.54) is 7.05 Å². The Morgan fingerprint density at radius 1 is 1.32 bits per heavy atom. The van der Waals surface area contributed by atoms with E-state index in [1.54, 1.807) is 4.90 Å². The van der Waals surface area contributed by atoms with E-state index in [2.05, 4.69) is 16.0 Å². The second kappa shape index (κ2) is 6.93. The van der Waals surface area contributed by atoms with Crippen molar-refractivity contribution in [2.45, 2.75) is 19.8 Å². The molecule has 0 radical (unpaired) electrons. The van der Waals surface area contributed by atoms with Gasteiger partial charge in [-0.15, -0.1) is 0 Å². The predicted molar refractivity (Wildman–Crippen MR) is 83.9 cm³/mol. The molecule has 0 spiro atoms. The first kappa shape index (κ1) is 15.8. The third-order valence-corrected chi connectivity index (χ3v) is 3.59. The van der Waals surface area contributed by atoms with Crippen LogP contribution in [-0.4, -0.2) is 38.0 Å². The number of nitrogens with zero attached hydrogens (tertiary/aromatic N) is 1. The molecule has 1 heterocycles. The molecule has 1 fully saturated rings. The van der Waals surface area contributed by atoms with Crippen molar-refractivity contribution in [1.29, 1.82) is 0 Å². The molecular formula is C15H20N4O3. The minimum Gasteiger partial charge on any atom is -0.376 e. The van der Waals surface area contributed by atoms with Gasteiger partial charge in [-0.2, -0.15) is 0 Å². The number of rotatable bonds is 4. The van der Waals surface area contributed by atoms with Gasteiger partial charge < -0.3 is 15.5 Å².